The molecule has 1 aromatic heterocycles. The van der Waals surface area contributed by atoms with Crippen molar-refractivity contribution in [2.75, 3.05) is 5.32 Å². The molecular weight excluding hydrogens is 463 g/mol. The van der Waals surface area contributed by atoms with E-state index in [1.807, 2.05) is 0 Å². The van der Waals surface area contributed by atoms with E-state index in [4.69, 9.17) is 32.8 Å². The van der Waals surface area contributed by atoms with Gasteiger partial charge in [-0.3, -0.25) is 4.79 Å². The Labute approximate surface area is 176 Å². The summed E-state index contributed by atoms with van der Waals surface area (Å²) in [6.07, 6.45) is 0.996. The summed E-state index contributed by atoms with van der Waals surface area (Å²) >= 11 is 11.7. The highest BCUT2D eigenvalue weighted by Gasteiger charge is 2.31. The number of rotatable bonds is 5. The van der Waals surface area contributed by atoms with Crippen LogP contribution >= 0.6 is 23.2 Å². The summed E-state index contributed by atoms with van der Waals surface area (Å²) in [7, 11) is -8.79. The fourth-order valence-electron chi connectivity index (χ4n) is 2.46. The van der Waals surface area contributed by atoms with Gasteiger partial charge < -0.3 is 9.73 Å². The van der Waals surface area contributed by atoms with Gasteiger partial charge in [0.25, 0.3) is 5.91 Å². The van der Waals surface area contributed by atoms with Gasteiger partial charge in [0, 0.05) is 5.69 Å². The third-order valence-electron chi connectivity index (χ3n) is 3.75. The van der Waals surface area contributed by atoms with Gasteiger partial charge in [0.2, 0.25) is 25.6 Å². The van der Waals surface area contributed by atoms with E-state index in [1.54, 1.807) is 0 Å². The first kappa shape index (κ1) is 21.3. The van der Waals surface area contributed by atoms with Gasteiger partial charge >= 0.3 is 0 Å². The van der Waals surface area contributed by atoms with E-state index in [1.165, 1.54) is 30.3 Å². The lowest BCUT2D eigenvalue weighted by Crippen LogP contribution is -2.19. The molecule has 3 N–H and O–H groups in total. The summed E-state index contributed by atoms with van der Waals surface area (Å²) in [4.78, 5) is 10.9. The Bertz CT molecular complexity index is 1320. The van der Waals surface area contributed by atoms with Crippen LogP contribution in [-0.2, 0) is 19.9 Å². The number of hydrogen-bond acceptors (Lipinski definition) is 6. The van der Waals surface area contributed by atoms with E-state index in [0.717, 1.165) is 24.5 Å². The van der Waals surface area contributed by atoms with E-state index in [-0.39, 0.29) is 15.7 Å². The maximum absolute atomic E-state index is 13.0. The van der Waals surface area contributed by atoms with Crippen molar-refractivity contribution in [2.24, 2.45) is 5.14 Å². The highest BCUT2D eigenvalue weighted by molar-refractivity contribution is 7.93. The van der Waals surface area contributed by atoms with Crippen LogP contribution in [0.25, 0.3) is 0 Å². The van der Waals surface area contributed by atoms with Crippen LogP contribution in [0.5, 0.6) is 0 Å². The summed E-state index contributed by atoms with van der Waals surface area (Å²) in [5.41, 5.74) is 0.245. The maximum Gasteiger partial charge on any atom is 0.292 e. The van der Waals surface area contributed by atoms with Gasteiger partial charge in [0.15, 0.2) is 0 Å². The number of furan rings is 1. The first-order valence-electron chi connectivity index (χ1n) is 7.72. The minimum atomic E-state index is -4.45. The van der Waals surface area contributed by atoms with Crippen molar-refractivity contribution in [3.05, 3.63) is 70.6 Å². The van der Waals surface area contributed by atoms with Crippen LogP contribution in [0.4, 0.5) is 5.69 Å². The fraction of sp³-hybridized carbons (Fsp3) is 0. The largest absolute Gasteiger partial charge is 0.458 e. The molecule has 0 spiro atoms. The molecule has 0 aliphatic heterocycles. The molecule has 29 heavy (non-hydrogen) atoms. The van der Waals surface area contributed by atoms with E-state index in [9.17, 15) is 21.6 Å². The van der Waals surface area contributed by atoms with Crippen LogP contribution in [0.2, 0.25) is 10.0 Å². The summed E-state index contributed by atoms with van der Waals surface area (Å²) in [6, 6.07) is 10.1. The number of nitrogens with two attached hydrogens (primary N) is 1. The molecular formula is C17H12Cl2N2O6S2. The first-order chi connectivity index (χ1) is 13.5. The summed E-state index contributed by atoms with van der Waals surface area (Å²) in [5, 5.41) is 8.00. The monoisotopic (exact) mass is 474 g/mol. The molecule has 0 bridgehead atoms. The Morgan fingerprint density at radius 3 is 2.17 bits per heavy atom. The third kappa shape index (κ3) is 4.31. The number of sulfone groups is 1. The average molecular weight is 475 g/mol. The molecule has 3 rings (SSSR count). The zero-order chi connectivity index (χ0) is 21.4. The number of anilines is 1. The van der Waals surface area contributed by atoms with Crippen LogP contribution in [0.3, 0.4) is 0 Å². The molecule has 1 heterocycles. The predicted octanol–water partition coefficient (Wildman–Crippen LogP) is 3.32. The number of halogens is 2. The van der Waals surface area contributed by atoms with E-state index < -0.39 is 46.2 Å². The lowest BCUT2D eigenvalue weighted by Gasteiger charge is -2.10. The van der Waals surface area contributed by atoms with E-state index in [0.29, 0.717) is 0 Å². The second kappa shape index (κ2) is 7.81. The predicted molar refractivity (Wildman–Crippen MR) is 106 cm³/mol. The number of carbonyl (C=O) groups excluding carboxylic acids is 1. The number of amides is 1. The number of primary sulfonamides is 1. The van der Waals surface area contributed by atoms with Gasteiger partial charge in [-0.1, -0.05) is 35.3 Å². The zero-order valence-corrected chi connectivity index (χ0v) is 17.4. The average Bonchev–Trinajstić information content (AvgIpc) is 3.15. The van der Waals surface area contributed by atoms with Crippen molar-refractivity contribution in [1.82, 2.24) is 0 Å². The number of carbonyl (C=O) groups is 1. The molecule has 0 aliphatic carbocycles. The summed E-state index contributed by atoms with van der Waals surface area (Å²) in [6.45, 7) is 0. The molecule has 0 aliphatic rings. The normalized spacial score (nSPS) is 12.0. The Balaban J connectivity index is 2.04. The van der Waals surface area contributed by atoms with Gasteiger partial charge in [-0.15, -0.1) is 0 Å². The molecule has 1 amide bonds. The van der Waals surface area contributed by atoms with Crippen molar-refractivity contribution in [3.63, 3.8) is 0 Å². The SMILES string of the molecule is NS(=O)(=O)c1ccccc1S(=O)(=O)c1ccoc1C(=O)Nc1ccc(Cl)c(Cl)c1. The lowest BCUT2D eigenvalue weighted by molar-refractivity contribution is 0.0992. The number of benzene rings is 2. The Hall–Kier alpha value is -2.37. The van der Waals surface area contributed by atoms with Crippen molar-refractivity contribution in [2.45, 2.75) is 14.7 Å². The Kier molecular flexibility index (Phi) is 5.74. The minimum Gasteiger partial charge on any atom is -0.458 e. The first-order valence-corrected chi connectivity index (χ1v) is 11.5. The number of nitrogens with one attached hydrogen (secondary N) is 1. The van der Waals surface area contributed by atoms with E-state index >= 15 is 0 Å². The van der Waals surface area contributed by atoms with Crippen LogP contribution in [0, 0.1) is 0 Å². The smallest absolute Gasteiger partial charge is 0.292 e. The molecule has 0 radical (unpaired) electrons. The van der Waals surface area contributed by atoms with Crippen LogP contribution < -0.4 is 10.5 Å². The van der Waals surface area contributed by atoms with Crippen molar-refractivity contribution in [3.8, 4) is 0 Å². The standard InChI is InChI=1S/C17H12Cl2N2O6S2/c18-11-6-5-10(9-12(11)19)21-17(22)16-15(7-8-27-16)28(23,24)13-3-1-2-4-14(13)29(20,25)26/h1-9H,(H,21,22)(H2,20,25,26). The lowest BCUT2D eigenvalue weighted by atomic mass is 10.3. The molecule has 12 heteroatoms. The molecule has 0 fully saturated rings. The summed E-state index contributed by atoms with van der Waals surface area (Å²) in [5.74, 6) is -1.43. The van der Waals surface area contributed by atoms with Crippen molar-refractivity contribution in [1.29, 1.82) is 0 Å². The van der Waals surface area contributed by atoms with Crippen LogP contribution in [-0.4, -0.2) is 22.7 Å². The van der Waals surface area contributed by atoms with Crippen LogP contribution in [0.1, 0.15) is 10.6 Å². The molecule has 152 valence electrons. The maximum atomic E-state index is 13.0. The third-order valence-corrected chi connectivity index (χ3v) is 7.42. The van der Waals surface area contributed by atoms with Crippen molar-refractivity contribution >= 4 is 54.7 Å². The quantitative estimate of drug-likeness (QED) is 0.581. The molecule has 0 saturated carbocycles. The van der Waals surface area contributed by atoms with Gasteiger partial charge in [-0.25, -0.2) is 22.0 Å². The fourth-order valence-corrected chi connectivity index (χ4v) is 5.50. The highest BCUT2D eigenvalue weighted by atomic mass is 35.5. The topological polar surface area (TPSA) is 137 Å². The van der Waals surface area contributed by atoms with Gasteiger partial charge in [0.1, 0.15) is 9.79 Å². The number of sulfonamides is 1. The molecule has 8 nitrogen and oxygen atoms in total. The highest BCUT2D eigenvalue weighted by Crippen LogP contribution is 2.30. The van der Waals surface area contributed by atoms with Crippen molar-refractivity contribution < 1.29 is 26.0 Å². The molecule has 3 aromatic rings. The second-order valence-electron chi connectivity index (χ2n) is 5.69. The second-order valence-corrected chi connectivity index (χ2v) is 9.92. The van der Waals surface area contributed by atoms with Crippen LogP contribution in [0.15, 0.2) is 73.9 Å². The Morgan fingerprint density at radius 2 is 1.55 bits per heavy atom. The Morgan fingerprint density at radius 1 is 0.897 bits per heavy atom. The molecule has 2 aromatic carbocycles. The van der Waals surface area contributed by atoms with Gasteiger partial charge in [-0.05, 0) is 36.4 Å². The van der Waals surface area contributed by atoms with Gasteiger partial charge in [-0.2, -0.15) is 0 Å². The number of hydrogen-bond donors (Lipinski definition) is 2. The molecule has 0 unspecified atom stereocenters. The molecule has 0 atom stereocenters. The molecule has 0 saturated heterocycles. The minimum absolute atomic E-state index is 0.179. The van der Waals surface area contributed by atoms with E-state index in [2.05, 4.69) is 5.32 Å². The summed E-state index contributed by atoms with van der Waals surface area (Å²) < 4.78 is 54.7. The van der Waals surface area contributed by atoms with Gasteiger partial charge in [0.05, 0.1) is 21.2 Å². The zero-order valence-electron chi connectivity index (χ0n) is 14.3.